The van der Waals surface area contributed by atoms with E-state index in [2.05, 4.69) is 0 Å². The number of nitriles is 1. The Bertz CT molecular complexity index is 359. The largest absolute Gasteiger partial charge is 0.495 e. The first-order valence-corrected chi connectivity index (χ1v) is 3.95. The minimum Gasteiger partial charge on any atom is -0.495 e. The summed E-state index contributed by atoms with van der Waals surface area (Å²) in [6.45, 7) is 0. The van der Waals surface area contributed by atoms with Crippen molar-refractivity contribution < 1.29 is 9.13 Å². The molecule has 68 valence electrons. The Labute approximate surface area is 80.5 Å². The van der Waals surface area contributed by atoms with Crippen LogP contribution in [-0.4, -0.2) is 7.11 Å². The van der Waals surface area contributed by atoms with Crippen molar-refractivity contribution in [2.75, 3.05) is 7.11 Å². The second-order valence-corrected chi connectivity index (χ2v) is 2.79. The minimum absolute atomic E-state index is 0.0763. The van der Waals surface area contributed by atoms with Crippen LogP contribution >= 0.6 is 11.6 Å². The van der Waals surface area contributed by atoms with Crippen LogP contribution in [0.3, 0.4) is 0 Å². The van der Waals surface area contributed by atoms with Gasteiger partial charge in [-0.25, -0.2) is 4.39 Å². The van der Waals surface area contributed by atoms with Gasteiger partial charge < -0.3 is 4.74 Å². The molecule has 1 rings (SSSR count). The van der Waals surface area contributed by atoms with E-state index in [4.69, 9.17) is 21.6 Å². The second kappa shape index (κ2) is 4.11. The van der Waals surface area contributed by atoms with Crippen molar-refractivity contribution >= 4 is 11.6 Å². The maximum absolute atomic E-state index is 12.9. The number of methoxy groups -OCH3 is 1. The Morgan fingerprint density at radius 2 is 2.31 bits per heavy atom. The molecule has 0 N–H and O–H groups in total. The maximum Gasteiger partial charge on any atom is 0.140 e. The summed E-state index contributed by atoms with van der Waals surface area (Å²) in [7, 11) is 1.40. The quantitative estimate of drug-likeness (QED) is 0.734. The van der Waals surface area contributed by atoms with Gasteiger partial charge in [-0.05, 0) is 11.6 Å². The van der Waals surface area contributed by atoms with E-state index >= 15 is 0 Å². The molecule has 1 aromatic carbocycles. The van der Waals surface area contributed by atoms with Crippen molar-refractivity contribution in [1.82, 2.24) is 0 Å². The lowest BCUT2D eigenvalue weighted by Gasteiger charge is -2.06. The molecule has 0 atom stereocenters. The zero-order valence-electron chi connectivity index (χ0n) is 6.97. The van der Waals surface area contributed by atoms with Gasteiger partial charge in [-0.3, -0.25) is 0 Å². The highest BCUT2D eigenvalue weighted by atomic mass is 35.5. The van der Waals surface area contributed by atoms with E-state index in [1.165, 1.54) is 19.2 Å². The molecule has 0 spiro atoms. The van der Waals surface area contributed by atoms with Crippen molar-refractivity contribution in [3.8, 4) is 11.8 Å². The van der Waals surface area contributed by atoms with Crippen LogP contribution in [0.2, 0.25) is 5.02 Å². The number of rotatable bonds is 2. The van der Waals surface area contributed by atoms with Crippen LogP contribution in [0.25, 0.3) is 0 Å². The number of hydrogen-bond donors (Lipinski definition) is 0. The lowest BCUT2D eigenvalue weighted by atomic mass is 10.1. The van der Waals surface area contributed by atoms with Gasteiger partial charge in [0.2, 0.25) is 0 Å². The fourth-order valence-electron chi connectivity index (χ4n) is 0.981. The Balaban J connectivity index is 3.20. The summed E-state index contributed by atoms with van der Waals surface area (Å²) < 4.78 is 17.7. The van der Waals surface area contributed by atoms with Gasteiger partial charge >= 0.3 is 0 Å². The molecule has 0 saturated carbocycles. The summed E-state index contributed by atoms with van der Waals surface area (Å²) in [4.78, 5) is 0. The minimum atomic E-state index is -0.452. The fourth-order valence-corrected chi connectivity index (χ4v) is 1.23. The molecule has 0 heterocycles. The molecule has 0 aliphatic rings. The predicted molar refractivity (Wildman–Crippen MR) is 47.3 cm³/mol. The van der Waals surface area contributed by atoms with E-state index in [1.54, 1.807) is 0 Å². The summed E-state index contributed by atoms with van der Waals surface area (Å²) in [5.74, 6) is -0.196. The van der Waals surface area contributed by atoms with Crippen LogP contribution in [-0.2, 0) is 6.42 Å². The maximum atomic E-state index is 12.9. The third-order valence-electron chi connectivity index (χ3n) is 1.57. The molecular formula is C9H7ClFNO. The average Bonchev–Trinajstić information content (AvgIpc) is 2.11. The van der Waals surface area contributed by atoms with Crippen molar-refractivity contribution in [3.63, 3.8) is 0 Å². The summed E-state index contributed by atoms with van der Waals surface area (Å²) in [5, 5.41) is 8.72. The zero-order valence-corrected chi connectivity index (χ0v) is 7.73. The molecule has 4 heteroatoms. The third-order valence-corrected chi connectivity index (χ3v) is 2.00. The molecule has 0 amide bonds. The first-order chi connectivity index (χ1) is 6.19. The van der Waals surface area contributed by atoms with Gasteiger partial charge in [0, 0.05) is 6.07 Å². The Hall–Kier alpha value is -1.27. The van der Waals surface area contributed by atoms with Crippen LogP contribution in [0, 0.1) is 17.1 Å². The van der Waals surface area contributed by atoms with Gasteiger partial charge in [0.1, 0.15) is 11.6 Å². The molecule has 0 fully saturated rings. The number of nitrogens with zero attached hydrogens (tertiary/aromatic N) is 1. The first kappa shape index (κ1) is 9.82. The zero-order chi connectivity index (χ0) is 9.84. The van der Waals surface area contributed by atoms with Gasteiger partial charge in [-0.2, -0.15) is 5.26 Å². The number of hydrogen-bond acceptors (Lipinski definition) is 2. The molecule has 0 aliphatic carbocycles. The van der Waals surface area contributed by atoms with Gasteiger partial charge in [0.25, 0.3) is 0 Å². The van der Waals surface area contributed by atoms with Crippen molar-refractivity contribution in [2.24, 2.45) is 0 Å². The van der Waals surface area contributed by atoms with Crippen LogP contribution < -0.4 is 4.74 Å². The molecule has 0 aromatic heterocycles. The molecule has 0 saturated heterocycles. The van der Waals surface area contributed by atoms with E-state index in [0.717, 1.165) is 0 Å². The van der Waals surface area contributed by atoms with E-state index in [-0.39, 0.29) is 12.2 Å². The highest BCUT2D eigenvalue weighted by molar-refractivity contribution is 6.32. The highest BCUT2D eigenvalue weighted by Crippen LogP contribution is 2.29. The van der Waals surface area contributed by atoms with E-state index in [9.17, 15) is 4.39 Å². The number of benzene rings is 1. The van der Waals surface area contributed by atoms with Crippen LogP contribution in [0.4, 0.5) is 4.39 Å². The fraction of sp³-hybridized carbons (Fsp3) is 0.222. The van der Waals surface area contributed by atoms with Crippen LogP contribution in [0.1, 0.15) is 5.56 Å². The molecule has 1 aromatic rings. The van der Waals surface area contributed by atoms with Gasteiger partial charge in [-0.15, -0.1) is 0 Å². The molecule has 2 nitrogen and oxygen atoms in total. The predicted octanol–water partition coefficient (Wildman–Crippen LogP) is 2.55. The summed E-state index contributed by atoms with van der Waals surface area (Å²) in [6.07, 6.45) is 0.0763. The van der Waals surface area contributed by atoms with Gasteiger partial charge in [0.15, 0.2) is 0 Å². The summed E-state index contributed by atoms with van der Waals surface area (Å²) in [5.41, 5.74) is 0.445. The highest BCUT2D eigenvalue weighted by Gasteiger charge is 2.08. The summed E-state index contributed by atoms with van der Waals surface area (Å²) >= 11 is 5.82. The molecular weight excluding hydrogens is 193 g/mol. The number of ether oxygens (including phenoxy) is 1. The Kier molecular flexibility index (Phi) is 3.10. The molecule has 0 bridgehead atoms. The SMILES string of the molecule is COc1cc(F)cc(CC#N)c1Cl. The first-order valence-electron chi connectivity index (χ1n) is 3.58. The van der Waals surface area contributed by atoms with Crippen molar-refractivity contribution in [3.05, 3.63) is 28.5 Å². The summed E-state index contributed by atoms with van der Waals surface area (Å²) in [6, 6.07) is 4.31. The monoisotopic (exact) mass is 199 g/mol. The van der Waals surface area contributed by atoms with E-state index in [1.807, 2.05) is 6.07 Å². The molecule has 0 aliphatic heterocycles. The Morgan fingerprint density at radius 3 is 2.85 bits per heavy atom. The Morgan fingerprint density at radius 1 is 1.62 bits per heavy atom. The van der Waals surface area contributed by atoms with E-state index < -0.39 is 5.82 Å². The topological polar surface area (TPSA) is 33.0 Å². The standard InChI is InChI=1S/C9H7ClFNO/c1-13-8-5-7(11)4-6(2-3-12)9(8)10/h4-5H,2H2,1H3. The molecule has 13 heavy (non-hydrogen) atoms. The lowest BCUT2D eigenvalue weighted by Crippen LogP contribution is -1.91. The average molecular weight is 200 g/mol. The van der Waals surface area contributed by atoms with Crippen LogP contribution in [0.15, 0.2) is 12.1 Å². The second-order valence-electron chi connectivity index (χ2n) is 2.42. The third kappa shape index (κ3) is 2.10. The van der Waals surface area contributed by atoms with Gasteiger partial charge in [-0.1, -0.05) is 11.6 Å². The lowest BCUT2D eigenvalue weighted by molar-refractivity contribution is 0.411. The molecule has 0 unspecified atom stereocenters. The number of halogens is 2. The van der Waals surface area contributed by atoms with Gasteiger partial charge in [0.05, 0.1) is 24.6 Å². The molecule has 0 radical (unpaired) electrons. The smallest absolute Gasteiger partial charge is 0.140 e. The van der Waals surface area contributed by atoms with Crippen LogP contribution in [0.5, 0.6) is 5.75 Å². The normalized spacial score (nSPS) is 9.38. The van der Waals surface area contributed by atoms with Crippen molar-refractivity contribution in [1.29, 1.82) is 5.26 Å². The van der Waals surface area contributed by atoms with E-state index in [0.29, 0.717) is 10.6 Å². The van der Waals surface area contributed by atoms with Crippen molar-refractivity contribution in [2.45, 2.75) is 6.42 Å².